The minimum atomic E-state index is -1.01. The van der Waals surface area contributed by atoms with E-state index in [1.165, 1.54) is 40.7 Å². The van der Waals surface area contributed by atoms with Crippen LogP contribution in [0.25, 0.3) is 5.76 Å². The topological polar surface area (TPSA) is 111 Å². The maximum atomic E-state index is 13.7. The van der Waals surface area contributed by atoms with Crippen LogP contribution in [0.15, 0.2) is 89.3 Å². The van der Waals surface area contributed by atoms with Crippen molar-refractivity contribution in [1.29, 1.82) is 0 Å². The number of rotatable bonds is 14. The number of aliphatic hydroxyl groups excluding tert-OH is 1. The maximum absolute atomic E-state index is 13.7. The van der Waals surface area contributed by atoms with Crippen molar-refractivity contribution in [3.8, 4) is 17.2 Å². The number of ether oxygens (including phenoxy) is 3. The van der Waals surface area contributed by atoms with Crippen LogP contribution in [0.4, 0.5) is 5.13 Å². The van der Waals surface area contributed by atoms with Crippen molar-refractivity contribution >= 4 is 45.7 Å². The molecule has 0 bridgehead atoms. The fourth-order valence-electron chi connectivity index (χ4n) is 4.85. The number of thioether (sulfide) groups is 1. The van der Waals surface area contributed by atoms with Crippen molar-refractivity contribution < 1.29 is 28.9 Å². The second-order valence-electron chi connectivity index (χ2n) is 10.5. The van der Waals surface area contributed by atoms with E-state index in [1.807, 2.05) is 6.92 Å². The number of hydrogen-bond acceptors (Lipinski definition) is 10. The fraction of sp³-hybridized carbons (Fsp3) is 0.257. The smallest absolute Gasteiger partial charge is 0.301 e. The van der Waals surface area contributed by atoms with E-state index in [4.69, 9.17) is 14.2 Å². The number of benzene rings is 3. The molecule has 0 aliphatic carbocycles. The lowest BCUT2D eigenvalue weighted by molar-refractivity contribution is -0.132. The maximum Gasteiger partial charge on any atom is 0.301 e. The van der Waals surface area contributed by atoms with Gasteiger partial charge in [0, 0.05) is 11.3 Å². The Hall–Kier alpha value is -4.61. The third-order valence-corrected chi connectivity index (χ3v) is 9.41. The van der Waals surface area contributed by atoms with Gasteiger partial charge < -0.3 is 19.3 Å². The summed E-state index contributed by atoms with van der Waals surface area (Å²) in [6.07, 6.45) is 3.54. The summed E-state index contributed by atoms with van der Waals surface area (Å²) < 4.78 is 17.7. The van der Waals surface area contributed by atoms with Crippen LogP contribution in [-0.2, 0) is 15.3 Å². The fourth-order valence-corrected chi connectivity index (χ4v) is 6.68. The molecular formula is C35H35N3O6S2. The number of nitrogens with zero attached hydrogens (tertiary/aromatic N) is 3. The van der Waals surface area contributed by atoms with E-state index in [0.29, 0.717) is 45.1 Å². The van der Waals surface area contributed by atoms with Crippen LogP contribution in [0.1, 0.15) is 48.1 Å². The van der Waals surface area contributed by atoms with Crippen LogP contribution in [0.3, 0.4) is 0 Å². The van der Waals surface area contributed by atoms with Gasteiger partial charge in [0.25, 0.3) is 5.78 Å². The summed E-state index contributed by atoms with van der Waals surface area (Å²) >= 11 is 2.70. The van der Waals surface area contributed by atoms with Gasteiger partial charge in [0.15, 0.2) is 15.8 Å². The lowest BCUT2D eigenvalue weighted by Crippen LogP contribution is -2.29. The van der Waals surface area contributed by atoms with E-state index in [1.54, 1.807) is 48.5 Å². The number of Topliss-reactive ketones (excluding diaryl/α,β-unsaturated/α-hetero) is 1. The van der Waals surface area contributed by atoms with Crippen LogP contribution in [0, 0.1) is 6.92 Å². The molecule has 1 atom stereocenters. The minimum absolute atomic E-state index is 0.0736. The van der Waals surface area contributed by atoms with Gasteiger partial charge in [-0.3, -0.25) is 14.5 Å². The predicted octanol–water partition coefficient (Wildman–Crippen LogP) is 7.52. The minimum Gasteiger partial charge on any atom is -0.507 e. The molecule has 2 heterocycles. The summed E-state index contributed by atoms with van der Waals surface area (Å²) in [6, 6.07) is 19.1. The summed E-state index contributed by atoms with van der Waals surface area (Å²) in [5.41, 5.74) is 3.12. The van der Waals surface area contributed by atoms with Crippen molar-refractivity contribution in [2.75, 3.05) is 25.2 Å². The molecule has 4 aromatic rings. The first kappa shape index (κ1) is 32.8. The van der Waals surface area contributed by atoms with E-state index < -0.39 is 17.7 Å². The summed E-state index contributed by atoms with van der Waals surface area (Å²) in [4.78, 5) is 28.7. The highest BCUT2D eigenvalue weighted by Gasteiger charge is 2.48. The third kappa shape index (κ3) is 7.27. The van der Waals surface area contributed by atoms with Gasteiger partial charge in [-0.25, -0.2) is 0 Å². The number of hydrogen-bond donors (Lipinski definition) is 1. The number of amides is 1. The monoisotopic (exact) mass is 657 g/mol. The van der Waals surface area contributed by atoms with Gasteiger partial charge in [0.05, 0.1) is 25.3 Å². The molecule has 11 heteroatoms. The standard InChI is InChI=1S/C35H35N3O6S2/c1-5-7-19-43-26-15-12-24(13-16-26)31(39)29-30(25-14-17-27(44-18-6-2)28(20-25)42-4)38(33(41)32(29)40)34-36-37-35(46-34)45-21-23-10-8-22(3)9-11-23/h6,8-17,20,30,39H,2,5,7,18-19,21H2,1,3-4H3/t30-/m0/s1. The number of ketones is 1. The van der Waals surface area contributed by atoms with Gasteiger partial charge in [-0.15, -0.1) is 10.2 Å². The Labute approximate surface area is 276 Å². The molecule has 1 aromatic heterocycles. The molecule has 9 nitrogen and oxygen atoms in total. The number of carbonyl (C=O) groups is 2. The Kier molecular flexibility index (Phi) is 10.8. The number of methoxy groups -OCH3 is 1. The number of aromatic nitrogens is 2. The van der Waals surface area contributed by atoms with Crippen molar-refractivity contribution in [2.45, 2.75) is 42.8 Å². The molecule has 5 rings (SSSR count). The molecule has 1 aliphatic rings. The summed E-state index contributed by atoms with van der Waals surface area (Å²) in [6.45, 7) is 8.65. The Balaban J connectivity index is 1.53. The Morgan fingerprint density at radius 1 is 1.04 bits per heavy atom. The zero-order chi connectivity index (χ0) is 32.6. The van der Waals surface area contributed by atoms with E-state index >= 15 is 0 Å². The van der Waals surface area contributed by atoms with E-state index in [0.717, 1.165) is 18.4 Å². The summed E-state index contributed by atoms with van der Waals surface area (Å²) in [5, 5.41) is 20.4. The molecule has 0 spiro atoms. The van der Waals surface area contributed by atoms with Gasteiger partial charge in [0.2, 0.25) is 5.13 Å². The Morgan fingerprint density at radius 2 is 1.80 bits per heavy atom. The van der Waals surface area contributed by atoms with Crippen LogP contribution < -0.4 is 19.1 Å². The largest absolute Gasteiger partial charge is 0.507 e. The third-order valence-electron chi connectivity index (χ3n) is 7.28. The van der Waals surface area contributed by atoms with E-state index in [2.05, 4.69) is 48.0 Å². The number of anilines is 1. The average molecular weight is 658 g/mol. The Morgan fingerprint density at radius 3 is 2.50 bits per heavy atom. The first-order valence-corrected chi connectivity index (χ1v) is 16.6. The molecule has 0 saturated carbocycles. The molecule has 0 unspecified atom stereocenters. The van der Waals surface area contributed by atoms with Gasteiger partial charge in [0.1, 0.15) is 18.1 Å². The van der Waals surface area contributed by atoms with Crippen molar-refractivity contribution in [2.24, 2.45) is 0 Å². The molecule has 0 radical (unpaired) electrons. The molecule has 1 saturated heterocycles. The first-order chi connectivity index (χ1) is 22.3. The second kappa shape index (κ2) is 15.1. The highest BCUT2D eigenvalue weighted by Crippen LogP contribution is 2.45. The molecule has 3 aromatic carbocycles. The van der Waals surface area contributed by atoms with Crippen molar-refractivity contribution in [3.63, 3.8) is 0 Å². The predicted molar refractivity (Wildman–Crippen MR) is 181 cm³/mol. The van der Waals surface area contributed by atoms with Crippen molar-refractivity contribution in [1.82, 2.24) is 10.2 Å². The number of carbonyl (C=O) groups excluding carboxylic acids is 2. The van der Waals surface area contributed by atoms with Gasteiger partial charge in [-0.05, 0) is 60.9 Å². The number of aryl methyl sites for hydroxylation is 1. The number of unbranched alkanes of at least 4 members (excludes halogenated alkanes) is 1. The highest BCUT2D eigenvalue weighted by atomic mass is 32.2. The average Bonchev–Trinajstić information content (AvgIpc) is 3.65. The highest BCUT2D eigenvalue weighted by molar-refractivity contribution is 8.00. The zero-order valence-electron chi connectivity index (χ0n) is 25.9. The van der Waals surface area contributed by atoms with Gasteiger partial charge >= 0.3 is 5.91 Å². The van der Waals surface area contributed by atoms with Crippen LogP contribution in [0.5, 0.6) is 17.2 Å². The zero-order valence-corrected chi connectivity index (χ0v) is 27.5. The lowest BCUT2D eigenvalue weighted by atomic mass is 9.95. The first-order valence-electron chi connectivity index (χ1n) is 14.8. The van der Waals surface area contributed by atoms with E-state index in [-0.39, 0.29) is 23.1 Å². The second-order valence-corrected chi connectivity index (χ2v) is 12.7. The van der Waals surface area contributed by atoms with Crippen LogP contribution >= 0.6 is 23.1 Å². The Bertz CT molecular complexity index is 1730. The molecule has 1 N–H and O–H groups in total. The molecule has 1 aliphatic heterocycles. The van der Waals surface area contributed by atoms with Crippen molar-refractivity contribution in [3.05, 3.63) is 107 Å². The summed E-state index contributed by atoms with van der Waals surface area (Å²) in [5.74, 6) is 0.210. The molecule has 1 amide bonds. The lowest BCUT2D eigenvalue weighted by Gasteiger charge is -2.23. The molecule has 1 fully saturated rings. The molecule has 46 heavy (non-hydrogen) atoms. The number of aliphatic hydroxyl groups is 1. The SMILES string of the molecule is C=CCOc1ccc([C@H]2C(=C(O)c3ccc(OCCCC)cc3)C(=O)C(=O)N2c2nnc(SCc3ccc(C)cc3)s2)cc1OC. The molecule has 238 valence electrons. The summed E-state index contributed by atoms with van der Waals surface area (Å²) in [7, 11) is 1.50. The van der Waals surface area contributed by atoms with Gasteiger partial charge in [-0.2, -0.15) is 0 Å². The van der Waals surface area contributed by atoms with E-state index in [9.17, 15) is 14.7 Å². The normalized spacial score (nSPS) is 15.6. The van der Waals surface area contributed by atoms with Gasteiger partial charge in [-0.1, -0.05) is 85.0 Å². The van der Waals surface area contributed by atoms with Crippen LogP contribution in [-0.4, -0.2) is 47.3 Å². The molecular weight excluding hydrogens is 623 g/mol. The van der Waals surface area contributed by atoms with Crippen LogP contribution in [0.2, 0.25) is 0 Å². The quantitative estimate of drug-likeness (QED) is 0.0280.